The molecule has 2 aliphatic carbocycles. The van der Waals surface area contributed by atoms with Crippen LogP contribution in [0, 0.1) is 0 Å². The Morgan fingerprint density at radius 2 is 1.82 bits per heavy atom. The van der Waals surface area contributed by atoms with E-state index in [1.807, 2.05) is 0 Å². The standard InChI is InChI=1S/C22H34N4O.HI/c1-2-23-21(24-16-13-20(27)26-19-11-7-4-8-12-19)25-17-22(14-15-22)18-9-5-3-6-10-18;/h3,5-6,9-10,19H,2,4,7-8,11-17H2,1H3,(H,26,27)(H2,23,24,25);1H. The topological polar surface area (TPSA) is 65.5 Å². The maximum absolute atomic E-state index is 12.2. The second kappa shape index (κ2) is 11.6. The van der Waals surface area contributed by atoms with E-state index in [2.05, 4.69) is 53.2 Å². The minimum atomic E-state index is 0. The van der Waals surface area contributed by atoms with E-state index in [0.717, 1.165) is 31.9 Å². The Hall–Kier alpha value is -1.31. The van der Waals surface area contributed by atoms with Crippen molar-refractivity contribution >= 4 is 35.8 Å². The molecule has 0 spiro atoms. The molecule has 0 atom stereocenters. The first-order valence-corrected chi connectivity index (χ1v) is 10.6. The van der Waals surface area contributed by atoms with Gasteiger partial charge in [0.1, 0.15) is 0 Å². The monoisotopic (exact) mass is 498 g/mol. The summed E-state index contributed by atoms with van der Waals surface area (Å²) in [6.07, 6.45) is 8.93. The van der Waals surface area contributed by atoms with Gasteiger partial charge in [-0.15, -0.1) is 24.0 Å². The highest BCUT2D eigenvalue weighted by atomic mass is 127. The Kier molecular flexibility index (Phi) is 9.55. The third-order valence-electron chi connectivity index (χ3n) is 5.74. The van der Waals surface area contributed by atoms with Crippen molar-refractivity contribution in [1.82, 2.24) is 16.0 Å². The Balaban J connectivity index is 0.00000280. The number of guanidine groups is 1. The summed E-state index contributed by atoms with van der Waals surface area (Å²) < 4.78 is 0. The van der Waals surface area contributed by atoms with E-state index < -0.39 is 0 Å². The maximum atomic E-state index is 12.2. The minimum absolute atomic E-state index is 0. The van der Waals surface area contributed by atoms with Gasteiger partial charge >= 0.3 is 0 Å². The molecule has 0 saturated heterocycles. The fourth-order valence-corrected chi connectivity index (χ4v) is 3.89. The second-order valence-corrected chi connectivity index (χ2v) is 7.92. The predicted molar refractivity (Wildman–Crippen MR) is 126 cm³/mol. The zero-order valence-corrected chi connectivity index (χ0v) is 19.3. The summed E-state index contributed by atoms with van der Waals surface area (Å²) in [6, 6.07) is 11.1. The number of nitrogens with zero attached hydrogens (tertiary/aromatic N) is 1. The molecule has 1 aromatic rings. The van der Waals surface area contributed by atoms with Crippen LogP contribution in [0.2, 0.25) is 0 Å². The number of carbonyl (C=O) groups is 1. The molecule has 0 heterocycles. The fraction of sp³-hybridized carbons (Fsp3) is 0.636. The Bertz CT molecular complexity index is 625. The highest BCUT2D eigenvalue weighted by Gasteiger charge is 2.43. The van der Waals surface area contributed by atoms with Crippen LogP contribution in [-0.4, -0.2) is 37.5 Å². The molecular formula is C22H35IN4O. The quantitative estimate of drug-likeness (QED) is 0.291. The van der Waals surface area contributed by atoms with Crippen LogP contribution in [0.5, 0.6) is 0 Å². The SMILES string of the molecule is CCNC(=NCC1(c2ccccc2)CC1)NCCC(=O)NC1CCCCC1.I. The van der Waals surface area contributed by atoms with Crippen LogP contribution in [0.15, 0.2) is 35.3 Å². The van der Waals surface area contributed by atoms with Gasteiger partial charge in [-0.25, -0.2) is 0 Å². The van der Waals surface area contributed by atoms with Gasteiger partial charge in [-0.3, -0.25) is 9.79 Å². The average molecular weight is 498 g/mol. The summed E-state index contributed by atoms with van der Waals surface area (Å²) in [5.41, 5.74) is 1.60. The van der Waals surface area contributed by atoms with Crippen molar-refractivity contribution in [3.63, 3.8) is 0 Å². The van der Waals surface area contributed by atoms with Gasteiger partial charge in [-0.1, -0.05) is 49.6 Å². The molecule has 0 radical (unpaired) electrons. The molecule has 1 aromatic carbocycles. The van der Waals surface area contributed by atoms with Crippen molar-refractivity contribution in [3.05, 3.63) is 35.9 Å². The van der Waals surface area contributed by atoms with E-state index in [1.165, 1.54) is 37.7 Å². The first-order valence-electron chi connectivity index (χ1n) is 10.6. The highest BCUT2D eigenvalue weighted by Crippen LogP contribution is 2.48. The predicted octanol–water partition coefficient (Wildman–Crippen LogP) is 3.73. The van der Waals surface area contributed by atoms with Crippen LogP contribution in [0.1, 0.15) is 63.9 Å². The molecule has 1 amide bonds. The zero-order chi connectivity index (χ0) is 19.0. The van der Waals surface area contributed by atoms with E-state index >= 15 is 0 Å². The summed E-state index contributed by atoms with van der Waals surface area (Å²) in [7, 11) is 0. The van der Waals surface area contributed by atoms with Gasteiger partial charge in [-0.2, -0.15) is 0 Å². The number of hydrogen-bond acceptors (Lipinski definition) is 2. The van der Waals surface area contributed by atoms with E-state index in [1.54, 1.807) is 0 Å². The molecule has 3 rings (SSSR count). The lowest BCUT2D eigenvalue weighted by Crippen LogP contribution is -2.41. The number of aliphatic imine (C=N–C) groups is 1. The number of rotatable bonds is 8. The van der Waals surface area contributed by atoms with Gasteiger partial charge in [0.05, 0.1) is 6.54 Å². The lowest BCUT2D eigenvalue weighted by atomic mass is 9.95. The van der Waals surface area contributed by atoms with Gasteiger partial charge in [0.2, 0.25) is 5.91 Å². The largest absolute Gasteiger partial charge is 0.357 e. The smallest absolute Gasteiger partial charge is 0.221 e. The molecule has 0 bridgehead atoms. The molecule has 6 heteroatoms. The van der Waals surface area contributed by atoms with Crippen LogP contribution >= 0.6 is 24.0 Å². The van der Waals surface area contributed by atoms with Crippen molar-refractivity contribution in [3.8, 4) is 0 Å². The Morgan fingerprint density at radius 3 is 2.46 bits per heavy atom. The molecule has 3 N–H and O–H groups in total. The van der Waals surface area contributed by atoms with Gasteiger partial charge in [0, 0.05) is 31.0 Å². The molecule has 0 unspecified atom stereocenters. The van der Waals surface area contributed by atoms with Gasteiger partial charge in [0.25, 0.3) is 0 Å². The van der Waals surface area contributed by atoms with Crippen LogP contribution in [-0.2, 0) is 10.2 Å². The molecular weight excluding hydrogens is 463 g/mol. The number of benzene rings is 1. The zero-order valence-electron chi connectivity index (χ0n) is 17.0. The summed E-state index contributed by atoms with van der Waals surface area (Å²) in [5, 5.41) is 9.79. The molecule has 2 fully saturated rings. The van der Waals surface area contributed by atoms with E-state index in [-0.39, 0.29) is 35.3 Å². The highest BCUT2D eigenvalue weighted by molar-refractivity contribution is 14.0. The molecule has 2 aliphatic rings. The van der Waals surface area contributed by atoms with Crippen molar-refractivity contribution < 1.29 is 4.79 Å². The Labute approximate surface area is 186 Å². The van der Waals surface area contributed by atoms with E-state index in [9.17, 15) is 4.79 Å². The summed E-state index contributed by atoms with van der Waals surface area (Å²) >= 11 is 0. The number of halogens is 1. The third-order valence-corrected chi connectivity index (χ3v) is 5.74. The summed E-state index contributed by atoms with van der Waals surface area (Å²) in [4.78, 5) is 17.0. The molecule has 5 nitrogen and oxygen atoms in total. The molecule has 28 heavy (non-hydrogen) atoms. The average Bonchev–Trinajstić information content (AvgIpc) is 3.49. The summed E-state index contributed by atoms with van der Waals surface area (Å²) in [5.74, 6) is 0.957. The van der Waals surface area contributed by atoms with Gasteiger partial charge in [0.15, 0.2) is 5.96 Å². The number of hydrogen-bond donors (Lipinski definition) is 3. The van der Waals surface area contributed by atoms with Crippen molar-refractivity contribution in [2.45, 2.75) is 69.7 Å². The first-order chi connectivity index (χ1) is 13.2. The van der Waals surface area contributed by atoms with E-state index in [4.69, 9.17) is 4.99 Å². The maximum Gasteiger partial charge on any atom is 0.221 e. The van der Waals surface area contributed by atoms with Crippen molar-refractivity contribution in [2.24, 2.45) is 4.99 Å². The van der Waals surface area contributed by atoms with Crippen LogP contribution in [0.25, 0.3) is 0 Å². The summed E-state index contributed by atoms with van der Waals surface area (Å²) in [6.45, 7) is 4.29. The lowest BCUT2D eigenvalue weighted by molar-refractivity contribution is -0.121. The number of amides is 1. The van der Waals surface area contributed by atoms with Crippen molar-refractivity contribution in [1.29, 1.82) is 0 Å². The molecule has 0 aliphatic heterocycles. The normalized spacial score (nSPS) is 18.7. The third kappa shape index (κ3) is 6.94. The van der Waals surface area contributed by atoms with Gasteiger partial charge in [-0.05, 0) is 38.2 Å². The Morgan fingerprint density at radius 1 is 1.11 bits per heavy atom. The first kappa shape index (κ1) is 23.0. The second-order valence-electron chi connectivity index (χ2n) is 7.92. The fourth-order valence-electron chi connectivity index (χ4n) is 3.89. The van der Waals surface area contributed by atoms with Crippen LogP contribution in [0.4, 0.5) is 0 Å². The molecule has 2 saturated carbocycles. The van der Waals surface area contributed by atoms with Crippen LogP contribution in [0.3, 0.4) is 0 Å². The van der Waals surface area contributed by atoms with E-state index in [0.29, 0.717) is 19.0 Å². The minimum Gasteiger partial charge on any atom is -0.357 e. The van der Waals surface area contributed by atoms with Crippen molar-refractivity contribution in [2.75, 3.05) is 19.6 Å². The van der Waals surface area contributed by atoms with Crippen LogP contribution < -0.4 is 16.0 Å². The lowest BCUT2D eigenvalue weighted by Gasteiger charge is -2.22. The number of nitrogens with one attached hydrogen (secondary N) is 3. The molecule has 156 valence electrons. The van der Waals surface area contributed by atoms with Gasteiger partial charge < -0.3 is 16.0 Å². The molecule has 0 aromatic heterocycles. The number of carbonyl (C=O) groups excluding carboxylic acids is 1.